The Morgan fingerprint density at radius 2 is 2.20 bits per heavy atom. The molecule has 0 radical (unpaired) electrons. The topological polar surface area (TPSA) is 65.3 Å². The molecule has 1 aromatic carbocycles. The molecule has 0 bridgehead atoms. The number of aromatic nitrogens is 1. The van der Waals surface area contributed by atoms with Gasteiger partial charge in [0.2, 0.25) is 0 Å². The number of rotatable bonds is 2. The van der Waals surface area contributed by atoms with Crippen LogP contribution in [-0.4, -0.2) is 17.0 Å². The lowest BCUT2D eigenvalue weighted by atomic mass is 10.2. The summed E-state index contributed by atoms with van der Waals surface area (Å²) in [6.45, 7) is 0. The highest BCUT2D eigenvalue weighted by molar-refractivity contribution is 5.81. The second-order valence-electron chi connectivity index (χ2n) is 3.01. The van der Waals surface area contributed by atoms with E-state index in [-0.39, 0.29) is 5.69 Å². The predicted molar refractivity (Wildman–Crippen MR) is 54.9 cm³/mol. The molecule has 1 heterocycles. The summed E-state index contributed by atoms with van der Waals surface area (Å²) in [5.74, 6) is 0.657. The van der Waals surface area contributed by atoms with Crippen molar-refractivity contribution < 1.29 is 9.66 Å². The molecule has 1 aromatic heterocycles. The minimum Gasteiger partial charge on any atom is -0.497 e. The summed E-state index contributed by atoms with van der Waals surface area (Å²) in [6.07, 6.45) is 1.24. The maximum Gasteiger partial charge on any atom is 0.288 e. The molecule has 0 atom stereocenters. The van der Waals surface area contributed by atoms with Crippen molar-refractivity contribution in [1.82, 2.24) is 4.98 Å². The molecule has 0 saturated carbocycles. The zero-order chi connectivity index (χ0) is 10.8. The van der Waals surface area contributed by atoms with Crippen LogP contribution in [0.5, 0.6) is 5.75 Å². The summed E-state index contributed by atoms with van der Waals surface area (Å²) in [7, 11) is 1.55. The minimum absolute atomic E-state index is 0.0178. The number of nitro groups is 1. The first kappa shape index (κ1) is 9.39. The normalized spacial score (nSPS) is 10.2. The van der Waals surface area contributed by atoms with Gasteiger partial charge < -0.3 is 4.74 Å². The van der Waals surface area contributed by atoms with Crippen molar-refractivity contribution in [2.75, 3.05) is 7.11 Å². The van der Waals surface area contributed by atoms with Crippen molar-refractivity contribution in [2.45, 2.75) is 0 Å². The third-order valence-corrected chi connectivity index (χ3v) is 2.08. The monoisotopic (exact) mass is 204 g/mol. The van der Waals surface area contributed by atoms with Crippen molar-refractivity contribution >= 4 is 16.6 Å². The third kappa shape index (κ3) is 1.71. The van der Waals surface area contributed by atoms with Crippen LogP contribution in [0.1, 0.15) is 0 Å². The van der Waals surface area contributed by atoms with Gasteiger partial charge in [0.1, 0.15) is 11.9 Å². The number of fused-ring (bicyclic) bond motifs is 1. The van der Waals surface area contributed by atoms with E-state index in [2.05, 4.69) is 4.98 Å². The molecule has 0 amide bonds. The quantitative estimate of drug-likeness (QED) is 0.555. The first-order valence-corrected chi connectivity index (χ1v) is 4.29. The largest absolute Gasteiger partial charge is 0.497 e. The Kier molecular flexibility index (Phi) is 2.21. The Morgan fingerprint density at radius 1 is 1.40 bits per heavy atom. The number of ether oxygens (including phenoxy) is 1. The molecule has 0 aliphatic carbocycles. The van der Waals surface area contributed by atoms with Crippen LogP contribution < -0.4 is 4.74 Å². The number of hydrogen-bond donors (Lipinski definition) is 0. The highest BCUT2D eigenvalue weighted by Crippen LogP contribution is 2.22. The SMILES string of the molecule is COc1ccc2ncc([N+](=O)[O-])cc2c1. The van der Waals surface area contributed by atoms with E-state index >= 15 is 0 Å². The zero-order valence-electron chi connectivity index (χ0n) is 8.01. The van der Waals surface area contributed by atoms with E-state index in [1.807, 2.05) is 0 Å². The molecule has 76 valence electrons. The van der Waals surface area contributed by atoms with Gasteiger partial charge in [-0.15, -0.1) is 0 Å². The maximum absolute atomic E-state index is 10.5. The van der Waals surface area contributed by atoms with E-state index in [4.69, 9.17) is 4.74 Å². The van der Waals surface area contributed by atoms with E-state index in [0.717, 1.165) is 0 Å². The fraction of sp³-hybridized carbons (Fsp3) is 0.100. The molecule has 0 N–H and O–H groups in total. The summed E-state index contributed by atoms with van der Waals surface area (Å²) in [6, 6.07) is 6.72. The van der Waals surface area contributed by atoms with Crippen molar-refractivity contribution in [3.63, 3.8) is 0 Å². The Hall–Kier alpha value is -2.17. The molecule has 0 spiro atoms. The molecular weight excluding hydrogens is 196 g/mol. The average molecular weight is 204 g/mol. The molecular formula is C10H8N2O3. The van der Waals surface area contributed by atoms with Crippen LogP contribution >= 0.6 is 0 Å². The smallest absolute Gasteiger partial charge is 0.288 e. The first-order chi connectivity index (χ1) is 7.20. The molecule has 2 aromatic rings. The van der Waals surface area contributed by atoms with E-state index in [1.54, 1.807) is 25.3 Å². The van der Waals surface area contributed by atoms with E-state index in [1.165, 1.54) is 12.3 Å². The van der Waals surface area contributed by atoms with Gasteiger partial charge in [0, 0.05) is 11.5 Å². The molecule has 0 fully saturated rings. The van der Waals surface area contributed by atoms with Crippen LogP contribution in [0.4, 0.5) is 5.69 Å². The molecule has 2 rings (SSSR count). The van der Waals surface area contributed by atoms with Crippen LogP contribution in [0.15, 0.2) is 30.5 Å². The van der Waals surface area contributed by atoms with E-state index in [0.29, 0.717) is 16.7 Å². The molecule has 0 unspecified atom stereocenters. The predicted octanol–water partition coefficient (Wildman–Crippen LogP) is 2.15. The molecule has 15 heavy (non-hydrogen) atoms. The van der Waals surface area contributed by atoms with Gasteiger partial charge in [0.25, 0.3) is 5.69 Å². The zero-order valence-corrected chi connectivity index (χ0v) is 8.01. The molecule has 0 saturated heterocycles. The van der Waals surface area contributed by atoms with E-state index in [9.17, 15) is 10.1 Å². The number of hydrogen-bond acceptors (Lipinski definition) is 4. The van der Waals surface area contributed by atoms with Crippen LogP contribution in [0.3, 0.4) is 0 Å². The number of benzene rings is 1. The second kappa shape index (κ2) is 3.53. The lowest BCUT2D eigenvalue weighted by Gasteiger charge is -2.01. The number of methoxy groups -OCH3 is 1. The van der Waals surface area contributed by atoms with Gasteiger partial charge in [-0.05, 0) is 18.2 Å². The Labute approximate surface area is 85.5 Å². The number of pyridine rings is 1. The van der Waals surface area contributed by atoms with Gasteiger partial charge in [0.05, 0.1) is 17.5 Å². The van der Waals surface area contributed by atoms with Crippen molar-refractivity contribution in [1.29, 1.82) is 0 Å². The van der Waals surface area contributed by atoms with Gasteiger partial charge in [-0.25, -0.2) is 4.98 Å². The van der Waals surface area contributed by atoms with Gasteiger partial charge >= 0.3 is 0 Å². The molecule has 0 aliphatic rings. The Balaban J connectivity index is 2.62. The van der Waals surface area contributed by atoms with Crippen LogP contribution in [0, 0.1) is 10.1 Å². The van der Waals surface area contributed by atoms with Gasteiger partial charge in [-0.2, -0.15) is 0 Å². The van der Waals surface area contributed by atoms with Gasteiger partial charge in [-0.1, -0.05) is 0 Å². The Bertz CT molecular complexity index is 525. The summed E-state index contributed by atoms with van der Waals surface area (Å²) < 4.78 is 5.02. The molecule has 5 nitrogen and oxygen atoms in total. The van der Waals surface area contributed by atoms with Crippen molar-refractivity contribution in [3.05, 3.63) is 40.6 Å². The molecule has 0 aliphatic heterocycles. The molecule has 5 heteroatoms. The highest BCUT2D eigenvalue weighted by atomic mass is 16.6. The lowest BCUT2D eigenvalue weighted by Crippen LogP contribution is -1.90. The third-order valence-electron chi connectivity index (χ3n) is 2.08. The highest BCUT2D eigenvalue weighted by Gasteiger charge is 2.07. The fourth-order valence-corrected chi connectivity index (χ4v) is 1.32. The van der Waals surface area contributed by atoms with Crippen molar-refractivity contribution in [2.24, 2.45) is 0 Å². The number of nitrogens with zero attached hydrogens (tertiary/aromatic N) is 2. The summed E-state index contributed by atoms with van der Waals surface area (Å²) in [4.78, 5) is 14.0. The van der Waals surface area contributed by atoms with Gasteiger partial charge in [0.15, 0.2) is 0 Å². The summed E-state index contributed by atoms with van der Waals surface area (Å²) >= 11 is 0. The van der Waals surface area contributed by atoms with Crippen LogP contribution in [0.25, 0.3) is 10.9 Å². The fourth-order valence-electron chi connectivity index (χ4n) is 1.32. The average Bonchev–Trinajstić information content (AvgIpc) is 2.27. The van der Waals surface area contributed by atoms with Crippen LogP contribution in [0.2, 0.25) is 0 Å². The maximum atomic E-state index is 10.5. The first-order valence-electron chi connectivity index (χ1n) is 4.29. The lowest BCUT2D eigenvalue weighted by molar-refractivity contribution is -0.385. The Morgan fingerprint density at radius 3 is 2.87 bits per heavy atom. The van der Waals surface area contributed by atoms with Gasteiger partial charge in [-0.3, -0.25) is 10.1 Å². The summed E-state index contributed by atoms with van der Waals surface area (Å²) in [5, 5.41) is 11.2. The van der Waals surface area contributed by atoms with E-state index < -0.39 is 4.92 Å². The van der Waals surface area contributed by atoms with Crippen LogP contribution in [-0.2, 0) is 0 Å². The second-order valence-corrected chi connectivity index (χ2v) is 3.01. The van der Waals surface area contributed by atoms with Crippen molar-refractivity contribution in [3.8, 4) is 5.75 Å². The summed E-state index contributed by atoms with van der Waals surface area (Å²) in [5.41, 5.74) is 0.692. The standard InChI is InChI=1S/C10H8N2O3/c1-15-9-2-3-10-7(5-9)4-8(6-11-10)12(13)14/h2-6H,1H3. The minimum atomic E-state index is -0.466.